The number of likely N-dealkylation sites (tertiary alicyclic amines) is 1. The molecule has 160 valence electrons. The molecule has 0 aliphatic carbocycles. The van der Waals surface area contributed by atoms with E-state index in [1.54, 1.807) is 0 Å². The lowest BCUT2D eigenvalue weighted by Crippen LogP contribution is -2.47. The van der Waals surface area contributed by atoms with Gasteiger partial charge < -0.3 is 19.4 Å². The first kappa shape index (κ1) is 19.8. The molecule has 1 aromatic rings. The first-order valence-corrected chi connectivity index (χ1v) is 11.1. The van der Waals surface area contributed by atoms with Crippen LogP contribution in [0.1, 0.15) is 23.1 Å². The van der Waals surface area contributed by atoms with Gasteiger partial charge in [-0.1, -0.05) is 30.4 Å². The van der Waals surface area contributed by atoms with Crippen molar-refractivity contribution in [3.8, 4) is 0 Å². The molecule has 6 nitrogen and oxygen atoms in total. The Morgan fingerprint density at radius 3 is 2.80 bits per heavy atom. The molecule has 2 bridgehead atoms. The molecule has 6 heteroatoms. The average Bonchev–Trinajstić information content (AvgIpc) is 3.28. The second-order valence-corrected chi connectivity index (χ2v) is 9.50. The minimum atomic E-state index is -0.634. The second-order valence-electron chi connectivity index (χ2n) is 9.50. The quantitative estimate of drug-likeness (QED) is 0.714. The van der Waals surface area contributed by atoms with Crippen molar-refractivity contribution in [2.24, 2.45) is 11.8 Å². The summed E-state index contributed by atoms with van der Waals surface area (Å²) in [5.41, 5.74) is 2.97. The van der Waals surface area contributed by atoms with Crippen LogP contribution >= 0.6 is 0 Å². The minimum absolute atomic E-state index is 0.0605. The number of rotatable bonds is 3. The molecule has 1 aromatic carbocycles. The highest BCUT2D eigenvalue weighted by molar-refractivity contribution is 5.93. The molecule has 4 heterocycles. The zero-order valence-corrected chi connectivity index (χ0v) is 18.1. The number of likely N-dealkylation sites (N-methyl/N-ethyl adjacent to an activating group) is 1. The van der Waals surface area contributed by atoms with E-state index in [4.69, 9.17) is 4.74 Å². The van der Waals surface area contributed by atoms with E-state index in [2.05, 4.69) is 44.0 Å². The SMILES string of the molecule is Cc1ccc(CN2C[C@]34C=C[C@H](O3)[C@@H](C(=O)N3CCCN(C)CC3)[C@H]4C2=O)cc1C. The Morgan fingerprint density at radius 1 is 1.17 bits per heavy atom. The molecule has 3 fully saturated rings. The molecule has 4 aliphatic rings. The number of hydrogen-bond donors (Lipinski definition) is 0. The lowest BCUT2D eigenvalue weighted by atomic mass is 9.76. The van der Waals surface area contributed by atoms with Crippen LogP contribution in [0.5, 0.6) is 0 Å². The summed E-state index contributed by atoms with van der Waals surface area (Å²) in [5.74, 6) is -0.638. The van der Waals surface area contributed by atoms with Gasteiger partial charge in [-0.25, -0.2) is 0 Å². The van der Waals surface area contributed by atoms with Crippen molar-refractivity contribution in [2.45, 2.75) is 38.5 Å². The van der Waals surface area contributed by atoms with Crippen molar-refractivity contribution < 1.29 is 14.3 Å². The third kappa shape index (κ3) is 3.08. The lowest BCUT2D eigenvalue weighted by molar-refractivity contribution is -0.143. The molecule has 0 N–H and O–H groups in total. The fraction of sp³-hybridized carbons (Fsp3) is 0.583. The number of ether oxygens (including phenoxy) is 1. The van der Waals surface area contributed by atoms with Crippen molar-refractivity contribution in [3.63, 3.8) is 0 Å². The Morgan fingerprint density at radius 2 is 2.00 bits per heavy atom. The topological polar surface area (TPSA) is 53.1 Å². The summed E-state index contributed by atoms with van der Waals surface area (Å²) in [4.78, 5) is 33.1. The number of aryl methyl sites for hydroxylation is 2. The number of fused-ring (bicyclic) bond motifs is 1. The van der Waals surface area contributed by atoms with Gasteiger partial charge in [-0.2, -0.15) is 0 Å². The lowest BCUT2D eigenvalue weighted by Gasteiger charge is -2.29. The summed E-state index contributed by atoms with van der Waals surface area (Å²) in [6, 6.07) is 6.35. The van der Waals surface area contributed by atoms with Crippen LogP contribution in [0, 0.1) is 25.7 Å². The average molecular weight is 410 g/mol. The predicted octanol–water partition coefficient (Wildman–Crippen LogP) is 1.75. The molecule has 1 spiro atoms. The first-order chi connectivity index (χ1) is 14.4. The fourth-order valence-corrected chi connectivity index (χ4v) is 5.59. The van der Waals surface area contributed by atoms with Gasteiger partial charge in [-0.05, 0) is 50.6 Å². The zero-order chi connectivity index (χ0) is 21.0. The summed E-state index contributed by atoms with van der Waals surface area (Å²) in [6.45, 7) is 8.65. The molecule has 3 saturated heterocycles. The molecule has 0 unspecified atom stereocenters. The van der Waals surface area contributed by atoms with Gasteiger partial charge in [0.25, 0.3) is 0 Å². The van der Waals surface area contributed by atoms with E-state index in [0.29, 0.717) is 13.1 Å². The predicted molar refractivity (Wildman–Crippen MR) is 114 cm³/mol. The van der Waals surface area contributed by atoms with Gasteiger partial charge in [-0.3, -0.25) is 9.59 Å². The van der Waals surface area contributed by atoms with Gasteiger partial charge in [0.05, 0.1) is 24.5 Å². The summed E-state index contributed by atoms with van der Waals surface area (Å²) in [7, 11) is 2.09. The van der Waals surface area contributed by atoms with Gasteiger partial charge in [0.15, 0.2) is 0 Å². The molecule has 4 aliphatic heterocycles. The summed E-state index contributed by atoms with van der Waals surface area (Å²) < 4.78 is 6.31. The van der Waals surface area contributed by atoms with Crippen LogP contribution in [0.3, 0.4) is 0 Å². The van der Waals surface area contributed by atoms with E-state index in [-0.39, 0.29) is 17.9 Å². The van der Waals surface area contributed by atoms with Crippen LogP contribution in [0.25, 0.3) is 0 Å². The smallest absolute Gasteiger partial charge is 0.230 e. The molecule has 0 aromatic heterocycles. The van der Waals surface area contributed by atoms with Crippen LogP contribution < -0.4 is 0 Å². The first-order valence-electron chi connectivity index (χ1n) is 11.1. The maximum Gasteiger partial charge on any atom is 0.230 e. The van der Waals surface area contributed by atoms with Gasteiger partial charge >= 0.3 is 0 Å². The minimum Gasteiger partial charge on any atom is -0.360 e. The van der Waals surface area contributed by atoms with E-state index in [9.17, 15) is 9.59 Å². The maximum atomic E-state index is 13.5. The summed E-state index contributed by atoms with van der Waals surface area (Å²) in [5, 5.41) is 0. The zero-order valence-electron chi connectivity index (χ0n) is 18.1. The molecular weight excluding hydrogens is 378 g/mol. The highest BCUT2D eigenvalue weighted by Gasteiger charge is 2.67. The van der Waals surface area contributed by atoms with E-state index in [1.807, 2.05) is 22.0 Å². The van der Waals surface area contributed by atoms with Crippen molar-refractivity contribution in [1.82, 2.24) is 14.7 Å². The van der Waals surface area contributed by atoms with Gasteiger partial charge in [0.1, 0.15) is 5.60 Å². The van der Waals surface area contributed by atoms with E-state index in [1.165, 1.54) is 11.1 Å². The number of carbonyl (C=O) groups excluding carboxylic acids is 2. The third-order valence-electron chi connectivity index (χ3n) is 7.44. The van der Waals surface area contributed by atoms with Crippen molar-refractivity contribution in [3.05, 3.63) is 47.0 Å². The number of nitrogens with zero attached hydrogens (tertiary/aromatic N) is 3. The van der Waals surface area contributed by atoms with E-state index >= 15 is 0 Å². The largest absolute Gasteiger partial charge is 0.360 e. The molecule has 0 radical (unpaired) electrons. The summed E-state index contributed by atoms with van der Waals surface area (Å²) in [6.07, 6.45) is 4.76. The van der Waals surface area contributed by atoms with Crippen LogP contribution in [-0.4, -0.2) is 78.0 Å². The van der Waals surface area contributed by atoms with E-state index in [0.717, 1.165) is 38.2 Å². The Bertz CT molecular complexity index is 913. The Balaban J connectivity index is 1.37. The molecule has 5 rings (SSSR count). The Kier molecular flexibility index (Phi) is 4.75. The molecule has 30 heavy (non-hydrogen) atoms. The van der Waals surface area contributed by atoms with Crippen LogP contribution in [0.15, 0.2) is 30.4 Å². The Labute approximate surface area is 178 Å². The van der Waals surface area contributed by atoms with Gasteiger partial charge in [0, 0.05) is 26.2 Å². The van der Waals surface area contributed by atoms with Crippen LogP contribution in [-0.2, 0) is 20.9 Å². The molecule has 0 saturated carbocycles. The standard InChI is InChI=1S/C24H31N3O3/c1-16-5-6-18(13-17(16)2)14-27-15-24-8-7-19(30-24)20(21(24)23(27)29)22(28)26-10-4-9-25(3)11-12-26/h5-8,13,19-21H,4,9-12,14-15H2,1-3H3/t19-,20+,21-,24-/m0/s1. The maximum absolute atomic E-state index is 13.5. The summed E-state index contributed by atoms with van der Waals surface area (Å²) >= 11 is 0. The van der Waals surface area contributed by atoms with Crippen molar-refractivity contribution in [2.75, 3.05) is 39.8 Å². The fourth-order valence-electron chi connectivity index (χ4n) is 5.59. The number of carbonyl (C=O) groups is 2. The number of benzene rings is 1. The van der Waals surface area contributed by atoms with Gasteiger partial charge in [-0.15, -0.1) is 0 Å². The van der Waals surface area contributed by atoms with Crippen LogP contribution in [0.2, 0.25) is 0 Å². The normalized spacial score (nSPS) is 33.3. The monoisotopic (exact) mass is 409 g/mol. The second kappa shape index (κ2) is 7.20. The number of hydrogen-bond acceptors (Lipinski definition) is 4. The molecular formula is C24H31N3O3. The highest BCUT2D eigenvalue weighted by Crippen LogP contribution is 2.52. The molecule has 2 amide bonds. The van der Waals surface area contributed by atoms with Crippen LogP contribution in [0.4, 0.5) is 0 Å². The molecule has 4 atom stereocenters. The highest BCUT2D eigenvalue weighted by atomic mass is 16.5. The van der Waals surface area contributed by atoms with E-state index < -0.39 is 17.4 Å². The third-order valence-corrected chi connectivity index (χ3v) is 7.44. The number of amides is 2. The van der Waals surface area contributed by atoms with Gasteiger partial charge in [0.2, 0.25) is 11.8 Å². The van der Waals surface area contributed by atoms with Crippen molar-refractivity contribution >= 4 is 11.8 Å². The van der Waals surface area contributed by atoms with Crippen molar-refractivity contribution in [1.29, 1.82) is 0 Å². The Hall–Kier alpha value is -2.18.